The second-order valence-corrected chi connectivity index (χ2v) is 9.46. The number of hydrogen-bond donors (Lipinski definition) is 1. The van der Waals surface area contributed by atoms with Gasteiger partial charge in [-0.3, -0.25) is 4.79 Å². The minimum Gasteiger partial charge on any atom is -0.487 e. The molecule has 0 spiro atoms. The Labute approximate surface area is 221 Å². The summed E-state index contributed by atoms with van der Waals surface area (Å²) in [4.78, 5) is 28.9. The van der Waals surface area contributed by atoms with Crippen LogP contribution < -0.4 is 10.3 Å². The number of unbranched alkanes of at least 4 members (excludes halogenated alkanes) is 1. The number of carboxylic acids is 1. The summed E-state index contributed by atoms with van der Waals surface area (Å²) in [5.41, 5.74) is 2.13. The molecule has 0 radical (unpaired) electrons. The maximum absolute atomic E-state index is 13.2. The molecule has 184 valence electrons. The predicted octanol–water partition coefficient (Wildman–Crippen LogP) is 6.31. The lowest BCUT2D eigenvalue weighted by atomic mass is 10.1. The van der Waals surface area contributed by atoms with Gasteiger partial charge in [0.25, 0.3) is 5.56 Å². The number of halogens is 2. The van der Waals surface area contributed by atoms with E-state index in [0.717, 1.165) is 22.9 Å². The van der Waals surface area contributed by atoms with Crippen molar-refractivity contribution in [3.8, 4) is 5.75 Å². The average Bonchev–Trinajstić information content (AvgIpc) is 2.87. The van der Waals surface area contributed by atoms with Crippen LogP contribution >= 0.6 is 27.5 Å². The number of fused-ring (bicyclic) bond motifs is 1. The minimum absolute atomic E-state index is 0.214. The number of hydrogen-bond acceptors (Lipinski definition) is 5. The van der Waals surface area contributed by atoms with Crippen LogP contribution in [0.25, 0.3) is 10.9 Å². The van der Waals surface area contributed by atoms with E-state index in [4.69, 9.17) is 21.4 Å². The summed E-state index contributed by atoms with van der Waals surface area (Å²) in [7, 11) is 0. The molecule has 3 aromatic carbocycles. The van der Waals surface area contributed by atoms with Gasteiger partial charge in [-0.2, -0.15) is 9.78 Å². The zero-order chi connectivity index (χ0) is 25.7. The van der Waals surface area contributed by atoms with Crippen molar-refractivity contribution >= 4 is 50.6 Å². The molecule has 0 saturated carbocycles. The van der Waals surface area contributed by atoms with E-state index in [1.807, 2.05) is 12.1 Å². The monoisotopic (exact) mass is 567 g/mol. The van der Waals surface area contributed by atoms with E-state index in [1.54, 1.807) is 42.6 Å². The van der Waals surface area contributed by atoms with Crippen molar-refractivity contribution < 1.29 is 14.6 Å². The van der Waals surface area contributed by atoms with E-state index in [0.29, 0.717) is 39.5 Å². The Bertz CT molecular complexity index is 1500. The number of benzene rings is 3. The highest BCUT2D eigenvalue weighted by Gasteiger charge is 2.11. The molecule has 0 aliphatic heterocycles. The molecule has 0 atom stereocenters. The molecule has 7 nitrogen and oxygen atoms in total. The fourth-order valence-electron chi connectivity index (χ4n) is 3.55. The van der Waals surface area contributed by atoms with Gasteiger partial charge in [-0.1, -0.05) is 53.0 Å². The Morgan fingerprint density at radius 3 is 2.64 bits per heavy atom. The molecule has 0 amide bonds. The van der Waals surface area contributed by atoms with Crippen LogP contribution in [0.5, 0.6) is 5.75 Å². The fourth-order valence-corrected chi connectivity index (χ4v) is 4.16. The number of aromatic nitrogens is 2. The van der Waals surface area contributed by atoms with Gasteiger partial charge in [-0.25, -0.2) is 9.78 Å². The van der Waals surface area contributed by atoms with Crippen molar-refractivity contribution in [2.24, 2.45) is 5.10 Å². The average molecular weight is 569 g/mol. The van der Waals surface area contributed by atoms with Crippen molar-refractivity contribution in [2.75, 3.05) is 0 Å². The number of aryl methyl sites for hydroxylation is 1. The lowest BCUT2D eigenvalue weighted by molar-refractivity contribution is 0.0697. The van der Waals surface area contributed by atoms with Gasteiger partial charge in [-0.05, 0) is 66.1 Å². The molecule has 0 saturated heterocycles. The zero-order valence-corrected chi connectivity index (χ0v) is 21.8. The lowest BCUT2D eigenvalue weighted by Crippen LogP contribution is -2.22. The maximum Gasteiger partial charge on any atom is 0.335 e. The highest BCUT2D eigenvalue weighted by Crippen LogP contribution is 2.26. The molecule has 1 N–H and O–H groups in total. The number of nitrogens with zero attached hydrogens (tertiary/aromatic N) is 3. The lowest BCUT2D eigenvalue weighted by Gasteiger charge is -2.10. The number of carboxylic acid groups (broad SMARTS) is 1. The summed E-state index contributed by atoms with van der Waals surface area (Å²) in [5, 5.41) is 14.3. The van der Waals surface area contributed by atoms with Gasteiger partial charge in [0, 0.05) is 10.9 Å². The Balaban J connectivity index is 1.55. The van der Waals surface area contributed by atoms with E-state index in [2.05, 4.69) is 32.9 Å². The standard InChI is InChI=1S/C27H23BrClN3O4/c1-2-3-4-25-31-23-11-10-20(28)14-21(23)26(33)32(25)30-15-18-7-12-24(22(29)13-18)36-16-17-5-8-19(9-6-17)27(34)35/h5-15H,2-4,16H2,1H3,(H,34,35). The van der Waals surface area contributed by atoms with Crippen LogP contribution in [-0.2, 0) is 13.0 Å². The van der Waals surface area contributed by atoms with E-state index in [-0.39, 0.29) is 17.7 Å². The molecule has 9 heteroatoms. The van der Waals surface area contributed by atoms with Gasteiger partial charge in [0.1, 0.15) is 18.2 Å². The van der Waals surface area contributed by atoms with E-state index >= 15 is 0 Å². The zero-order valence-electron chi connectivity index (χ0n) is 19.4. The Morgan fingerprint density at radius 1 is 1.17 bits per heavy atom. The molecule has 0 aliphatic rings. The van der Waals surface area contributed by atoms with E-state index < -0.39 is 5.97 Å². The van der Waals surface area contributed by atoms with Crippen molar-refractivity contribution in [2.45, 2.75) is 32.8 Å². The smallest absolute Gasteiger partial charge is 0.335 e. The quantitative estimate of drug-likeness (QED) is 0.239. The van der Waals surface area contributed by atoms with E-state index in [9.17, 15) is 9.59 Å². The second-order valence-electron chi connectivity index (χ2n) is 8.14. The molecule has 4 aromatic rings. The third-order valence-corrected chi connectivity index (χ3v) is 6.29. The first-order valence-electron chi connectivity index (χ1n) is 11.4. The van der Waals surface area contributed by atoms with Gasteiger partial charge in [-0.15, -0.1) is 0 Å². The molecule has 36 heavy (non-hydrogen) atoms. The van der Waals surface area contributed by atoms with Crippen LogP contribution in [0, 0.1) is 0 Å². The molecule has 0 fully saturated rings. The van der Waals surface area contributed by atoms with Crippen molar-refractivity contribution in [1.82, 2.24) is 9.66 Å². The topological polar surface area (TPSA) is 93.8 Å². The van der Waals surface area contributed by atoms with E-state index in [1.165, 1.54) is 16.8 Å². The Morgan fingerprint density at radius 2 is 1.94 bits per heavy atom. The normalized spacial score (nSPS) is 11.3. The molecule has 1 aromatic heterocycles. The number of rotatable bonds is 9. The molecular formula is C27H23BrClN3O4. The van der Waals surface area contributed by atoms with Crippen molar-refractivity contribution in [3.63, 3.8) is 0 Å². The summed E-state index contributed by atoms with van der Waals surface area (Å²) in [6, 6.07) is 17.1. The van der Waals surface area contributed by atoms with Gasteiger partial charge in [0.05, 0.1) is 27.7 Å². The summed E-state index contributed by atoms with van der Waals surface area (Å²) in [6.45, 7) is 2.32. The largest absolute Gasteiger partial charge is 0.487 e. The van der Waals surface area contributed by atoms with Gasteiger partial charge < -0.3 is 9.84 Å². The maximum atomic E-state index is 13.2. The predicted molar refractivity (Wildman–Crippen MR) is 144 cm³/mol. The highest BCUT2D eigenvalue weighted by molar-refractivity contribution is 9.10. The third kappa shape index (κ3) is 6.01. The Kier molecular flexibility index (Phi) is 8.18. The van der Waals surface area contributed by atoms with Crippen LogP contribution in [0.1, 0.15) is 47.1 Å². The molecule has 4 rings (SSSR count). The van der Waals surface area contributed by atoms with Crippen LogP contribution in [0.4, 0.5) is 0 Å². The number of aromatic carboxylic acids is 1. The summed E-state index contributed by atoms with van der Waals surface area (Å²) < 4.78 is 7.94. The number of carbonyl (C=O) groups is 1. The molecule has 1 heterocycles. The van der Waals surface area contributed by atoms with Crippen molar-refractivity contribution in [3.05, 3.63) is 103 Å². The first kappa shape index (κ1) is 25.6. The first-order chi connectivity index (χ1) is 17.4. The summed E-state index contributed by atoms with van der Waals surface area (Å²) in [6.07, 6.45) is 4.07. The summed E-state index contributed by atoms with van der Waals surface area (Å²) >= 11 is 9.83. The third-order valence-electron chi connectivity index (χ3n) is 5.50. The fraction of sp³-hybridized carbons (Fsp3) is 0.185. The van der Waals surface area contributed by atoms with Crippen molar-refractivity contribution in [1.29, 1.82) is 0 Å². The minimum atomic E-state index is -0.977. The van der Waals surface area contributed by atoms with Crippen LogP contribution in [0.15, 0.2) is 75.0 Å². The Hall–Kier alpha value is -3.49. The summed E-state index contributed by atoms with van der Waals surface area (Å²) in [5.74, 6) is 0.108. The SMILES string of the molecule is CCCCc1nc2ccc(Br)cc2c(=O)n1N=Cc1ccc(OCc2ccc(C(=O)O)cc2)c(Cl)c1. The van der Waals surface area contributed by atoms with Crippen LogP contribution in [0.3, 0.4) is 0 Å². The molecule has 0 aliphatic carbocycles. The van der Waals surface area contributed by atoms with Crippen LogP contribution in [0.2, 0.25) is 5.02 Å². The second kappa shape index (κ2) is 11.5. The first-order valence-corrected chi connectivity index (χ1v) is 12.5. The van der Waals surface area contributed by atoms with Gasteiger partial charge >= 0.3 is 5.97 Å². The molecular weight excluding hydrogens is 546 g/mol. The molecule has 0 unspecified atom stereocenters. The van der Waals surface area contributed by atoms with Gasteiger partial charge in [0.15, 0.2) is 0 Å². The highest BCUT2D eigenvalue weighted by atomic mass is 79.9. The molecule has 0 bridgehead atoms. The van der Waals surface area contributed by atoms with Gasteiger partial charge in [0.2, 0.25) is 0 Å². The van der Waals surface area contributed by atoms with Crippen LogP contribution in [-0.4, -0.2) is 27.0 Å². The number of ether oxygens (including phenoxy) is 1.